The van der Waals surface area contributed by atoms with Gasteiger partial charge in [0.05, 0.1) is 0 Å². The van der Waals surface area contributed by atoms with Crippen LogP contribution in [-0.2, 0) is 21.0 Å². The lowest BCUT2D eigenvalue weighted by Crippen LogP contribution is -2.20. The summed E-state index contributed by atoms with van der Waals surface area (Å²) < 4.78 is 0. The number of benzene rings is 1. The summed E-state index contributed by atoms with van der Waals surface area (Å²) in [5.74, 6) is 0.218. The molecule has 1 aromatic rings. The third kappa shape index (κ3) is 3.14. The van der Waals surface area contributed by atoms with E-state index in [1.165, 1.54) is 23.0 Å². The van der Waals surface area contributed by atoms with Crippen LogP contribution in [-0.4, -0.2) is 6.29 Å². The highest BCUT2D eigenvalue weighted by atomic mass is 16.1. The van der Waals surface area contributed by atoms with E-state index in [1.807, 2.05) is 0 Å². The Balaban J connectivity index is 2.58. The van der Waals surface area contributed by atoms with Gasteiger partial charge in [0.25, 0.3) is 0 Å². The van der Waals surface area contributed by atoms with Gasteiger partial charge in [-0.3, -0.25) is 0 Å². The standard InChI is InChI=1S/C21H32O/c1-8-9-21(13-18(21)14-22)17-11-15(19(2,3)4)10-16(12-17)20(5,6)7/h10-12,14,18H,8-9,13H2,1-7H3/t18?,21-/m1/s1. The zero-order valence-corrected chi connectivity index (χ0v) is 15.4. The van der Waals surface area contributed by atoms with Crippen LogP contribution < -0.4 is 0 Å². The largest absolute Gasteiger partial charge is 0.303 e. The Kier molecular flexibility index (Phi) is 4.32. The summed E-state index contributed by atoms with van der Waals surface area (Å²) in [6, 6.07) is 7.10. The van der Waals surface area contributed by atoms with Crippen LogP contribution in [0.5, 0.6) is 0 Å². The normalized spacial score (nSPS) is 25.1. The van der Waals surface area contributed by atoms with Crippen molar-refractivity contribution in [3.8, 4) is 0 Å². The van der Waals surface area contributed by atoms with E-state index in [1.54, 1.807) is 0 Å². The van der Waals surface area contributed by atoms with Gasteiger partial charge in [0.1, 0.15) is 6.29 Å². The SMILES string of the molecule is CCC[C@]1(c2cc(C(C)(C)C)cc(C(C)(C)C)c2)CC1C=O. The smallest absolute Gasteiger partial charge is 0.123 e. The molecule has 0 saturated heterocycles. The maximum absolute atomic E-state index is 11.4. The number of rotatable bonds is 4. The molecule has 0 bridgehead atoms. The van der Waals surface area contributed by atoms with Crippen LogP contribution in [0.1, 0.15) is 84.4 Å². The first-order chi connectivity index (χ1) is 10.0. The van der Waals surface area contributed by atoms with Crippen molar-refractivity contribution in [1.29, 1.82) is 0 Å². The molecule has 1 aliphatic carbocycles. The lowest BCUT2D eigenvalue weighted by molar-refractivity contribution is -0.109. The van der Waals surface area contributed by atoms with E-state index in [2.05, 4.69) is 66.7 Å². The Morgan fingerprint density at radius 2 is 1.55 bits per heavy atom. The topological polar surface area (TPSA) is 17.1 Å². The van der Waals surface area contributed by atoms with Gasteiger partial charge in [0.15, 0.2) is 0 Å². The Labute approximate surface area is 136 Å². The average molecular weight is 300 g/mol. The molecule has 0 spiro atoms. The van der Waals surface area contributed by atoms with Crippen LogP contribution in [0.4, 0.5) is 0 Å². The summed E-state index contributed by atoms with van der Waals surface area (Å²) >= 11 is 0. The molecule has 2 atom stereocenters. The summed E-state index contributed by atoms with van der Waals surface area (Å²) in [4.78, 5) is 11.4. The summed E-state index contributed by atoms with van der Waals surface area (Å²) in [6.07, 6.45) is 4.46. The number of hydrogen-bond donors (Lipinski definition) is 0. The predicted molar refractivity (Wildman–Crippen MR) is 94.6 cm³/mol. The van der Waals surface area contributed by atoms with E-state index in [9.17, 15) is 4.79 Å². The van der Waals surface area contributed by atoms with E-state index in [4.69, 9.17) is 0 Å². The zero-order valence-electron chi connectivity index (χ0n) is 15.4. The van der Waals surface area contributed by atoms with Gasteiger partial charge < -0.3 is 4.79 Å². The minimum Gasteiger partial charge on any atom is -0.303 e. The van der Waals surface area contributed by atoms with Crippen molar-refractivity contribution in [2.45, 2.75) is 84.0 Å². The quantitative estimate of drug-likeness (QED) is 0.667. The highest BCUT2D eigenvalue weighted by Crippen LogP contribution is 2.57. The van der Waals surface area contributed by atoms with E-state index in [-0.39, 0.29) is 22.2 Å². The minimum atomic E-state index is 0.109. The molecule has 1 aliphatic rings. The lowest BCUT2D eigenvalue weighted by atomic mass is 9.76. The van der Waals surface area contributed by atoms with Crippen molar-refractivity contribution in [2.24, 2.45) is 5.92 Å². The monoisotopic (exact) mass is 300 g/mol. The first-order valence-corrected chi connectivity index (χ1v) is 8.66. The Morgan fingerprint density at radius 3 is 1.86 bits per heavy atom. The van der Waals surface area contributed by atoms with Crippen molar-refractivity contribution in [3.05, 3.63) is 34.9 Å². The van der Waals surface area contributed by atoms with Gasteiger partial charge in [-0.2, -0.15) is 0 Å². The van der Waals surface area contributed by atoms with Crippen molar-refractivity contribution < 1.29 is 4.79 Å². The van der Waals surface area contributed by atoms with Crippen LogP contribution in [0.15, 0.2) is 18.2 Å². The van der Waals surface area contributed by atoms with Crippen LogP contribution in [0.25, 0.3) is 0 Å². The second-order valence-corrected chi connectivity index (χ2v) is 9.15. The van der Waals surface area contributed by atoms with Crippen LogP contribution in [0.2, 0.25) is 0 Å². The molecule has 1 aromatic carbocycles. The highest BCUT2D eigenvalue weighted by molar-refractivity contribution is 5.65. The molecule has 1 fully saturated rings. The van der Waals surface area contributed by atoms with Crippen LogP contribution >= 0.6 is 0 Å². The fourth-order valence-electron chi connectivity index (χ4n) is 3.50. The van der Waals surface area contributed by atoms with Gasteiger partial charge >= 0.3 is 0 Å². The fourth-order valence-corrected chi connectivity index (χ4v) is 3.50. The number of carbonyl (C=O) groups is 1. The molecule has 22 heavy (non-hydrogen) atoms. The summed E-state index contributed by atoms with van der Waals surface area (Å²) in [5, 5.41) is 0. The number of aldehydes is 1. The van der Waals surface area contributed by atoms with Crippen molar-refractivity contribution in [3.63, 3.8) is 0 Å². The summed E-state index contributed by atoms with van der Waals surface area (Å²) in [7, 11) is 0. The highest BCUT2D eigenvalue weighted by Gasteiger charge is 2.54. The van der Waals surface area contributed by atoms with Gasteiger partial charge in [-0.05, 0) is 40.4 Å². The average Bonchev–Trinajstić information content (AvgIpc) is 3.11. The second kappa shape index (κ2) is 5.51. The summed E-state index contributed by atoms with van der Waals surface area (Å²) in [6.45, 7) is 15.9. The van der Waals surface area contributed by atoms with Gasteiger partial charge in [-0.15, -0.1) is 0 Å². The van der Waals surface area contributed by atoms with E-state index < -0.39 is 0 Å². The predicted octanol–water partition coefficient (Wildman–Crippen LogP) is 5.54. The van der Waals surface area contributed by atoms with Gasteiger partial charge in [-0.1, -0.05) is 73.1 Å². The van der Waals surface area contributed by atoms with E-state index >= 15 is 0 Å². The molecule has 0 amide bonds. The summed E-state index contributed by atoms with van der Waals surface area (Å²) in [5.41, 5.74) is 4.55. The Morgan fingerprint density at radius 1 is 1.05 bits per heavy atom. The molecule has 0 radical (unpaired) electrons. The first kappa shape index (κ1) is 17.2. The lowest BCUT2D eigenvalue weighted by Gasteiger charge is -2.28. The van der Waals surface area contributed by atoms with Gasteiger partial charge in [0.2, 0.25) is 0 Å². The molecular formula is C21H32O. The molecule has 122 valence electrons. The molecule has 0 aromatic heterocycles. The minimum absolute atomic E-state index is 0.109. The zero-order chi connectivity index (χ0) is 16.8. The number of carbonyl (C=O) groups excluding carboxylic acids is 1. The van der Waals surface area contributed by atoms with Gasteiger partial charge in [0, 0.05) is 11.3 Å². The maximum atomic E-state index is 11.4. The molecular weight excluding hydrogens is 268 g/mol. The third-order valence-corrected chi connectivity index (χ3v) is 5.23. The maximum Gasteiger partial charge on any atom is 0.123 e. The second-order valence-electron chi connectivity index (χ2n) is 9.15. The first-order valence-electron chi connectivity index (χ1n) is 8.66. The van der Waals surface area contributed by atoms with Crippen molar-refractivity contribution in [1.82, 2.24) is 0 Å². The van der Waals surface area contributed by atoms with Gasteiger partial charge in [-0.25, -0.2) is 0 Å². The molecule has 0 aliphatic heterocycles. The Hall–Kier alpha value is -1.11. The molecule has 1 saturated carbocycles. The molecule has 0 heterocycles. The van der Waals surface area contributed by atoms with Crippen molar-refractivity contribution in [2.75, 3.05) is 0 Å². The Bertz CT molecular complexity index is 524. The fraction of sp³-hybridized carbons (Fsp3) is 0.667. The molecule has 1 nitrogen and oxygen atoms in total. The molecule has 1 unspecified atom stereocenters. The number of hydrogen-bond acceptors (Lipinski definition) is 1. The molecule has 2 rings (SSSR count). The van der Waals surface area contributed by atoms with E-state index in [0.29, 0.717) is 0 Å². The van der Waals surface area contributed by atoms with Crippen LogP contribution in [0.3, 0.4) is 0 Å². The molecule has 0 N–H and O–H groups in total. The molecule has 1 heteroatoms. The third-order valence-electron chi connectivity index (χ3n) is 5.23. The van der Waals surface area contributed by atoms with Crippen molar-refractivity contribution >= 4 is 6.29 Å². The van der Waals surface area contributed by atoms with E-state index in [0.717, 1.165) is 19.3 Å². The van der Waals surface area contributed by atoms with Crippen LogP contribution in [0, 0.1) is 5.92 Å².